The van der Waals surface area contributed by atoms with E-state index in [1.807, 2.05) is 0 Å². The molecule has 2 heterocycles. The lowest BCUT2D eigenvalue weighted by Gasteiger charge is -2.13. The van der Waals surface area contributed by atoms with Gasteiger partial charge in [-0.05, 0) is 25.5 Å². The van der Waals surface area contributed by atoms with Gasteiger partial charge in [-0.1, -0.05) is 6.07 Å². The van der Waals surface area contributed by atoms with Crippen molar-refractivity contribution in [1.82, 2.24) is 9.97 Å². The number of amides is 1. The minimum atomic E-state index is -0.820. The second-order valence-corrected chi connectivity index (χ2v) is 7.16. The number of rotatable bonds is 8. The van der Waals surface area contributed by atoms with Gasteiger partial charge in [0.05, 0.1) is 25.2 Å². The fourth-order valence-electron chi connectivity index (χ4n) is 2.70. The first-order valence-electron chi connectivity index (χ1n) is 9.87. The van der Waals surface area contributed by atoms with Crippen LogP contribution < -0.4 is 14.8 Å². The summed E-state index contributed by atoms with van der Waals surface area (Å²) in [5.41, 5.74) is 0.738. The SMILES string of the molecule is COC(=O)Cc1ccc(NC(=O)c2cc(Oc3cc(F)cc(F)c3)nc(OC(C)C)c2)nc1. The van der Waals surface area contributed by atoms with E-state index < -0.39 is 23.5 Å². The normalized spacial score (nSPS) is 10.6. The van der Waals surface area contributed by atoms with Crippen molar-refractivity contribution >= 4 is 17.7 Å². The van der Waals surface area contributed by atoms with Crippen LogP contribution in [0.4, 0.5) is 14.6 Å². The molecule has 172 valence electrons. The molecule has 0 saturated heterocycles. The molecule has 0 radical (unpaired) electrons. The molecule has 0 atom stereocenters. The number of benzene rings is 1. The second kappa shape index (κ2) is 10.5. The number of anilines is 1. The molecule has 1 N–H and O–H groups in total. The summed E-state index contributed by atoms with van der Waals surface area (Å²) in [5, 5.41) is 2.62. The molecule has 2 aromatic heterocycles. The molecule has 0 unspecified atom stereocenters. The number of carbonyl (C=O) groups excluding carboxylic acids is 2. The van der Waals surface area contributed by atoms with Crippen molar-refractivity contribution in [2.24, 2.45) is 0 Å². The Balaban J connectivity index is 1.82. The Morgan fingerprint density at radius 1 is 1.03 bits per heavy atom. The highest BCUT2D eigenvalue weighted by Gasteiger charge is 2.15. The highest BCUT2D eigenvalue weighted by molar-refractivity contribution is 6.04. The third-order valence-corrected chi connectivity index (χ3v) is 4.10. The van der Waals surface area contributed by atoms with Crippen molar-refractivity contribution in [3.8, 4) is 17.5 Å². The summed E-state index contributed by atoms with van der Waals surface area (Å²) < 4.78 is 42.6. The van der Waals surface area contributed by atoms with E-state index in [1.165, 1.54) is 31.5 Å². The van der Waals surface area contributed by atoms with Crippen molar-refractivity contribution < 1.29 is 32.6 Å². The lowest BCUT2D eigenvalue weighted by Crippen LogP contribution is -2.15. The number of methoxy groups -OCH3 is 1. The lowest BCUT2D eigenvalue weighted by molar-refractivity contribution is -0.139. The summed E-state index contributed by atoms with van der Waals surface area (Å²) in [7, 11) is 1.29. The predicted octanol–water partition coefficient (Wildman–Crippen LogP) is 4.30. The summed E-state index contributed by atoms with van der Waals surface area (Å²) in [6.45, 7) is 3.55. The van der Waals surface area contributed by atoms with E-state index in [1.54, 1.807) is 19.9 Å². The number of hydrogen-bond donors (Lipinski definition) is 1. The van der Waals surface area contributed by atoms with Crippen molar-refractivity contribution in [1.29, 1.82) is 0 Å². The van der Waals surface area contributed by atoms with Gasteiger partial charge in [-0.15, -0.1) is 0 Å². The molecule has 0 saturated carbocycles. The summed E-state index contributed by atoms with van der Waals surface area (Å²) >= 11 is 0. The maximum Gasteiger partial charge on any atom is 0.310 e. The first-order chi connectivity index (χ1) is 15.7. The average Bonchev–Trinajstić information content (AvgIpc) is 2.73. The van der Waals surface area contributed by atoms with Gasteiger partial charge in [-0.2, -0.15) is 4.98 Å². The van der Waals surface area contributed by atoms with Crippen LogP contribution in [0.2, 0.25) is 0 Å². The number of nitrogens with one attached hydrogen (secondary N) is 1. The number of esters is 1. The molecular formula is C23H21F2N3O5. The number of carbonyl (C=O) groups is 2. The van der Waals surface area contributed by atoms with E-state index in [0.29, 0.717) is 11.6 Å². The minimum absolute atomic E-state index is 0.0549. The van der Waals surface area contributed by atoms with Crippen LogP contribution in [0.1, 0.15) is 29.8 Å². The maximum absolute atomic E-state index is 13.5. The zero-order valence-corrected chi connectivity index (χ0v) is 18.1. The highest BCUT2D eigenvalue weighted by atomic mass is 19.1. The van der Waals surface area contributed by atoms with Crippen LogP contribution in [0.5, 0.6) is 17.5 Å². The molecule has 0 aliphatic heterocycles. The number of halogens is 2. The summed E-state index contributed by atoms with van der Waals surface area (Å²) in [6, 6.07) is 8.56. The number of ether oxygens (including phenoxy) is 3. The van der Waals surface area contributed by atoms with Crippen LogP contribution in [0.15, 0.2) is 48.7 Å². The Morgan fingerprint density at radius 3 is 2.33 bits per heavy atom. The Bertz CT molecular complexity index is 1130. The van der Waals surface area contributed by atoms with Gasteiger partial charge >= 0.3 is 5.97 Å². The molecular weight excluding hydrogens is 436 g/mol. The smallest absolute Gasteiger partial charge is 0.310 e. The van der Waals surface area contributed by atoms with Crippen molar-refractivity contribution in [3.05, 3.63) is 71.4 Å². The Kier molecular flexibility index (Phi) is 7.50. The van der Waals surface area contributed by atoms with Gasteiger partial charge in [0, 0.05) is 36.5 Å². The summed E-state index contributed by atoms with van der Waals surface area (Å²) in [6.07, 6.45) is 1.25. The van der Waals surface area contributed by atoms with E-state index in [0.717, 1.165) is 12.1 Å². The van der Waals surface area contributed by atoms with Gasteiger partial charge in [0.2, 0.25) is 11.8 Å². The lowest BCUT2D eigenvalue weighted by atomic mass is 10.2. The molecule has 33 heavy (non-hydrogen) atoms. The van der Waals surface area contributed by atoms with E-state index in [4.69, 9.17) is 9.47 Å². The van der Waals surface area contributed by atoms with Crippen LogP contribution in [-0.2, 0) is 16.0 Å². The van der Waals surface area contributed by atoms with Crippen LogP contribution in [0.3, 0.4) is 0 Å². The number of hydrogen-bond acceptors (Lipinski definition) is 7. The van der Waals surface area contributed by atoms with Gasteiger partial charge in [0.1, 0.15) is 23.2 Å². The van der Waals surface area contributed by atoms with Gasteiger partial charge in [-0.25, -0.2) is 13.8 Å². The molecule has 0 aliphatic rings. The van der Waals surface area contributed by atoms with Crippen molar-refractivity contribution in [2.75, 3.05) is 12.4 Å². The van der Waals surface area contributed by atoms with E-state index >= 15 is 0 Å². The van der Waals surface area contributed by atoms with Crippen molar-refractivity contribution in [3.63, 3.8) is 0 Å². The van der Waals surface area contributed by atoms with Crippen molar-refractivity contribution in [2.45, 2.75) is 26.4 Å². The van der Waals surface area contributed by atoms with Gasteiger partial charge in [0.25, 0.3) is 5.91 Å². The fourth-order valence-corrected chi connectivity index (χ4v) is 2.70. The fraction of sp³-hybridized carbons (Fsp3) is 0.217. The molecule has 8 nitrogen and oxygen atoms in total. The van der Waals surface area contributed by atoms with Crippen LogP contribution >= 0.6 is 0 Å². The number of nitrogens with zero attached hydrogens (tertiary/aromatic N) is 2. The third-order valence-electron chi connectivity index (χ3n) is 4.10. The Labute approximate surface area is 188 Å². The number of aromatic nitrogens is 2. The molecule has 0 fully saturated rings. The maximum atomic E-state index is 13.5. The molecule has 0 aliphatic carbocycles. The largest absolute Gasteiger partial charge is 0.475 e. The molecule has 10 heteroatoms. The summed E-state index contributed by atoms with van der Waals surface area (Å²) in [5.74, 6) is -2.49. The quantitative estimate of drug-likeness (QED) is 0.504. The van der Waals surface area contributed by atoms with Crippen LogP contribution in [-0.4, -0.2) is 35.1 Å². The average molecular weight is 457 g/mol. The predicted molar refractivity (Wildman–Crippen MR) is 114 cm³/mol. The molecule has 1 aromatic carbocycles. The van der Waals surface area contributed by atoms with E-state index in [9.17, 15) is 18.4 Å². The topological polar surface area (TPSA) is 99.6 Å². The first-order valence-corrected chi connectivity index (χ1v) is 9.87. The molecule has 0 bridgehead atoms. The molecule has 0 spiro atoms. The summed E-state index contributed by atoms with van der Waals surface area (Å²) in [4.78, 5) is 32.4. The second-order valence-electron chi connectivity index (χ2n) is 7.16. The molecule has 3 rings (SSSR count). The third kappa shape index (κ3) is 6.96. The first kappa shape index (κ1) is 23.6. The van der Waals surface area contributed by atoms with Gasteiger partial charge < -0.3 is 19.5 Å². The Morgan fingerprint density at radius 2 is 1.73 bits per heavy atom. The van der Waals surface area contributed by atoms with Crippen LogP contribution in [0.25, 0.3) is 0 Å². The van der Waals surface area contributed by atoms with Gasteiger partial charge in [-0.3, -0.25) is 9.59 Å². The minimum Gasteiger partial charge on any atom is -0.475 e. The van der Waals surface area contributed by atoms with E-state index in [2.05, 4.69) is 20.0 Å². The highest BCUT2D eigenvalue weighted by Crippen LogP contribution is 2.26. The molecule has 3 aromatic rings. The molecule has 1 amide bonds. The standard InChI is InChI=1S/C23H21F2N3O5/c1-13(2)32-20-7-15(8-21(28-20)33-18-10-16(24)9-17(25)11-18)23(30)27-19-5-4-14(12-26-19)6-22(29)31-3/h4-5,7-13H,6H2,1-3H3,(H,26,27,30). The van der Waals surface area contributed by atoms with E-state index in [-0.39, 0.29) is 41.4 Å². The van der Waals surface area contributed by atoms with Gasteiger partial charge in [0.15, 0.2) is 0 Å². The zero-order chi connectivity index (χ0) is 24.0. The zero-order valence-electron chi connectivity index (χ0n) is 18.1. The number of pyridine rings is 2. The Hall–Kier alpha value is -4.08. The van der Waals surface area contributed by atoms with Crippen LogP contribution in [0, 0.1) is 11.6 Å². The monoisotopic (exact) mass is 457 g/mol.